The van der Waals surface area contributed by atoms with Crippen LogP contribution in [-0.4, -0.2) is 53.2 Å². The lowest BCUT2D eigenvalue weighted by molar-refractivity contribution is -0.127. The van der Waals surface area contributed by atoms with Crippen molar-refractivity contribution in [3.8, 4) is 5.75 Å². The number of amides is 2. The molecular weight excluding hydrogens is 470 g/mol. The second-order valence-electron chi connectivity index (χ2n) is 8.86. The molecule has 1 aliphatic rings. The van der Waals surface area contributed by atoms with Crippen LogP contribution >= 0.6 is 0 Å². The molecule has 1 saturated heterocycles. The molecule has 37 heavy (non-hydrogen) atoms. The van der Waals surface area contributed by atoms with Gasteiger partial charge in [-0.1, -0.05) is 59.8 Å². The molecule has 9 nitrogen and oxygen atoms in total. The van der Waals surface area contributed by atoms with Gasteiger partial charge in [0.15, 0.2) is 0 Å². The summed E-state index contributed by atoms with van der Waals surface area (Å²) in [5.41, 5.74) is 2.58. The first-order valence-corrected chi connectivity index (χ1v) is 12.3. The summed E-state index contributed by atoms with van der Waals surface area (Å²) in [7, 11) is 1.54. The van der Waals surface area contributed by atoms with Crippen LogP contribution in [0.5, 0.6) is 5.75 Å². The fraction of sp³-hybridized carbons (Fsp3) is 0.286. The lowest BCUT2D eigenvalue weighted by Crippen LogP contribution is -2.46. The van der Waals surface area contributed by atoms with Crippen LogP contribution in [0.2, 0.25) is 0 Å². The second-order valence-corrected chi connectivity index (χ2v) is 8.86. The van der Waals surface area contributed by atoms with E-state index in [-0.39, 0.29) is 24.5 Å². The molecule has 190 valence electrons. The Kier molecular flexibility index (Phi) is 7.41. The smallest absolute Gasteiger partial charge is 0.249 e. The molecule has 0 spiro atoms. The fourth-order valence-corrected chi connectivity index (χ4v) is 4.65. The van der Waals surface area contributed by atoms with Crippen molar-refractivity contribution in [1.82, 2.24) is 20.3 Å². The largest absolute Gasteiger partial charge is 0.495 e. The van der Waals surface area contributed by atoms with Crippen LogP contribution in [0.4, 0.5) is 5.69 Å². The number of carbonyl (C=O) groups excluding carboxylic acids is 2. The van der Waals surface area contributed by atoms with Crippen molar-refractivity contribution in [3.63, 3.8) is 0 Å². The van der Waals surface area contributed by atoms with Crippen LogP contribution in [0.25, 0.3) is 11.0 Å². The van der Waals surface area contributed by atoms with Crippen molar-refractivity contribution in [3.05, 3.63) is 84.4 Å². The van der Waals surface area contributed by atoms with E-state index < -0.39 is 6.04 Å². The summed E-state index contributed by atoms with van der Waals surface area (Å²) in [4.78, 5) is 29.4. The van der Waals surface area contributed by atoms with Gasteiger partial charge in [0.25, 0.3) is 0 Å². The molecule has 0 radical (unpaired) electrons. The highest BCUT2D eigenvalue weighted by Crippen LogP contribution is 2.35. The molecule has 4 aromatic rings. The van der Waals surface area contributed by atoms with Crippen LogP contribution in [-0.2, 0) is 20.9 Å². The van der Waals surface area contributed by atoms with Gasteiger partial charge in [0.1, 0.15) is 23.9 Å². The summed E-state index contributed by atoms with van der Waals surface area (Å²) < 4.78 is 12.9. The van der Waals surface area contributed by atoms with E-state index in [2.05, 4.69) is 15.6 Å². The number of methoxy groups -OCH3 is 1. The number of hydrogen-bond acceptors (Lipinski definition) is 6. The molecule has 5 rings (SSSR count). The summed E-state index contributed by atoms with van der Waals surface area (Å²) in [6.07, 6.45) is 1.84. The average molecular weight is 500 g/mol. The molecule has 1 aliphatic heterocycles. The second kappa shape index (κ2) is 11.2. The molecule has 3 aromatic carbocycles. The van der Waals surface area contributed by atoms with Gasteiger partial charge in [0, 0.05) is 13.2 Å². The van der Waals surface area contributed by atoms with Crippen molar-refractivity contribution in [2.45, 2.75) is 31.5 Å². The maximum Gasteiger partial charge on any atom is 0.249 e. The molecular formula is C28H29N5O4. The minimum absolute atomic E-state index is 0.0303. The number of hydrogen-bond donors (Lipinski definition) is 1. The molecule has 0 bridgehead atoms. The number of aromatic nitrogens is 3. The van der Waals surface area contributed by atoms with Gasteiger partial charge in [0.05, 0.1) is 24.4 Å². The Morgan fingerprint density at radius 2 is 1.84 bits per heavy atom. The van der Waals surface area contributed by atoms with Crippen molar-refractivity contribution in [2.24, 2.45) is 0 Å². The van der Waals surface area contributed by atoms with Crippen LogP contribution in [0.1, 0.15) is 24.4 Å². The van der Waals surface area contributed by atoms with Gasteiger partial charge < -0.3 is 14.8 Å². The molecule has 1 aromatic heterocycles. The lowest BCUT2D eigenvalue weighted by atomic mass is 10.0. The van der Waals surface area contributed by atoms with E-state index in [9.17, 15) is 9.59 Å². The summed E-state index contributed by atoms with van der Waals surface area (Å²) in [5.74, 6) is -0.155. The molecule has 2 unspecified atom stereocenters. The minimum atomic E-state index is -0.943. The highest BCUT2D eigenvalue weighted by Gasteiger charge is 2.35. The molecule has 2 heterocycles. The Bertz CT molecular complexity index is 1370. The maximum absolute atomic E-state index is 14.1. The molecule has 2 amide bonds. The van der Waals surface area contributed by atoms with Gasteiger partial charge >= 0.3 is 0 Å². The van der Waals surface area contributed by atoms with E-state index in [1.165, 1.54) is 4.90 Å². The third-order valence-electron chi connectivity index (χ3n) is 6.47. The molecule has 0 aliphatic carbocycles. The Balaban J connectivity index is 1.55. The van der Waals surface area contributed by atoms with Crippen LogP contribution < -0.4 is 15.0 Å². The summed E-state index contributed by atoms with van der Waals surface area (Å²) in [6.45, 7) is 0.963. The first kappa shape index (κ1) is 24.5. The first-order chi connectivity index (χ1) is 18.2. The fourth-order valence-electron chi connectivity index (χ4n) is 4.65. The first-order valence-electron chi connectivity index (χ1n) is 12.3. The third-order valence-corrected chi connectivity index (χ3v) is 6.47. The zero-order chi connectivity index (χ0) is 25.6. The van der Waals surface area contributed by atoms with Crippen molar-refractivity contribution < 1.29 is 19.1 Å². The number of para-hydroxylation sites is 3. The lowest BCUT2D eigenvalue weighted by Gasteiger charge is -2.32. The van der Waals surface area contributed by atoms with Crippen LogP contribution in [0, 0.1) is 0 Å². The summed E-state index contributed by atoms with van der Waals surface area (Å²) in [6, 6.07) is 23.0. The predicted molar refractivity (Wildman–Crippen MR) is 139 cm³/mol. The van der Waals surface area contributed by atoms with Gasteiger partial charge in [-0.15, -0.1) is 5.10 Å². The molecule has 1 N–H and O–H groups in total. The number of anilines is 1. The van der Waals surface area contributed by atoms with Crippen molar-refractivity contribution in [1.29, 1.82) is 0 Å². The predicted octanol–water partition coefficient (Wildman–Crippen LogP) is 3.51. The van der Waals surface area contributed by atoms with E-state index in [1.807, 2.05) is 66.7 Å². The van der Waals surface area contributed by atoms with Crippen LogP contribution in [0.15, 0.2) is 78.9 Å². The van der Waals surface area contributed by atoms with E-state index in [4.69, 9.17) is 9.47 Å². The maximum atomic E-state index is 14.1. The highest BCUT2D eigenvalue weighted by atomic mass is 16.5. The number of nitrogens with zero attached hydrogens (tertiary/aromatic N) is 4. The molecule has 1 fully saturated rings. The number of benzene rings is 3. The number of carbonyl (C=O) groups is 2. The molecule has 9 heteroatoms. The van der Waals surface area contributed by atoms with Gasteiger partial charge in [-0.05, 0) is 42.7 Å². The Morgan fingerprint density at radius 3 is 2.62 bits per heavy atom. The van der Waals surface area contributed by atoms with Gasteiger partial charge in [-0.3, -0.25) is 14.5 Å². The summed E-state index contributed by atoms with van der Waals surface area (Å²) >= 11 is 0. The van der Waals surface area contributed by atoms with Crippen molar-refractivity contribution >= 4 is 28.5 Å². The molecule has 2 atom stereocenters. The summed E-state index contributed by atoms with van der Waals surface area (Å²) in [5, 5.41) is 11.4. The normalized spacial score (nSPS) is 15.9. The standard InChI is InChI=1S/C28H29N5O4/c1-36-25-16-8-7-15-24(25)33(26(34)19-32-23-14-6-5-13-22(23)30-31-32)27(20-10-3-2-4-11-20)28(35)29-18-21-12-9-17-37-21/h2-8,10-11,13-16,21,27H,9,12,17-19H2,1H3,(H,29,35). The highest BCUT2D eigenvalue weighted by molar-refractivity contribution is 6.02. The van der Waals surface area contributed by atoms with Crippen LogP contribution in [0.3, 0.4) is 0 Å². The zero-order valence-electron chi connectivity index (χ0n) is 20.6. The third kappa shape index (κ3) is 5.31. The Morgan fingerprint density at radius 1 is 1.08 bits per heavy atom. The minimum Gasteiger partial charge on any atom is -0.495 e. The number of nitrogens with one attached hydrogen (secondary N) is 1. The number of rotatable bonds is 9. The monoisotopic (exact) mass is 499 g/mol. The van der Waals surface area contributed by atoms with Gasteiger partial charge in [-0.25, -0.2) is 4.68 Å². The zero-order valence-corrected chi connectivity index (χ0v) is 20.6. The SMILES string of the molecule is COc1ccccc1N(C(=O)Cn1nnc2ccccc21)C(C(=O)NCC1CCCO1)c1ccccc1. The van der Waals surface area contributed by atoms with E-state index >= 15 is 0 Å². The molecule has 0 saturated carbocycles. The van der Waals surface area contributed by atoms with Gasteiger partial charge in [0.2, 0.25) is 11.8 Å². The number of ether oxygens (including phenoxy) is 2. The van der Waals surface area contributed by atoms with E-state index in [1.54, 1.807) is 23.9 Å². The van der Waals surface area contributed by atoms with E-state index in [0.29, 0.717) is 35.7 Å². The quantitative estimate of drug-likeness (QED) is 0.379. The Labute approximate surface area is 215 Å². The Hall–Kier alpha value is -4.24. The van der Waals surface area contributed by atoms with Gasteiger partial charge in [-0.2, -0.15) is 0 Å². The van der Waals surface area contributed by atoms with Crippen molar-refractivity contribution in [2.75, 3.05) is 25.2 Å². The average Bonchev–Trinajstić information content (AvgIpc) is 3.61. The topological polar surface area (TPSA) is 98.6 Å². The van der Waals surface area contributed by atoms with E-state index in [0.717, 1.165) is 18.4 Å². The number of fused-ring (bicyclic) bond motifs is 1.